The highest BCUT2D eigenvalue weighted by Crippen LogP contribution is 2.36. The average Bonchev–Trinajstić information content (AvgIpc) is 2.89. The van der Waals surface area contributed by atoms with E-state index in [1.165, 1.54) is 5.56 Å². The second-order valence-electron chi connectivity index (χ2n) is 4.59. The number of nitrogens with two attached hydrogens (primary N) is 1. The first kappa shape index (κ1) is 13.0. The summed E-state index contributed by atoms with van der Waals surface area (Å²) in [4.78, 5) is 0. The molecule has 0 fully saturated rings. The van der Waals surface area contributed by atoms with E-state index in [9.17, 15) is 0 Å². The number of rotatable bonds is 2. The topological polar surface area (TPSA) is 35.2 Å². The molecule has 2 aromatic carbocycles. The van der Waals surface area contributed by atoms with E-state index in [1.54, 1.807) is 0 Å². The molecular formula is C15H13BrClNO. The Labute approximate surface area is 125 Å². The Hall–Kier alpha value is -1.03. The van der Waals surface area contributed by atoms with Crippen molar-refractivity contribution < 1.29 is 4.74 Å². The van der Waals surface area contributed by atoms with E-state index < -0.39 is 0 Å². The van der Waals surface area contributed by atoms with Crippen molar-refractivity contribution in [2.24, 2.45) is 5.73 Å². The third-order valence-electron chi connectivity index (χ3n) is 3.38. The highest BCUT2D eigenvalue weighted by molar-refractivity contribution is 9.10. The lowest BCUT2D eigenvalue weighted by molar-refractivity contribution is 0.352. The van der Waals surface area contributed by atoms with Crippen LogP contribution in [0.1, 0.15) is 22.7 Å². The molecule has 0 aliphatic carbocycles. The molecule has 19 heavy (non-hydrogen) atoms. The minimum Gasteiger partial charge on any atom is -0.493 e. The first-order chi connectivity index (χ1) is 9.16. The largest absolute Gasteiger partial charge is 0.493 e. The maximum absolute atomic E-state index is 6.35. The van der Waals surface area contributed by atoms with Gasteiger partial charge >= 0.3 is 0 Å². The lowest BCUT2D eigenvalue weighted by atomic mass is 9.97. The summed E-state index contributed by atoms with van der Waals surface area (Å²) in [5.74, 6) is 0.939. The Bertz CT molecular complexity index is 630. The Balaban J connectivity index is 2.02. The molecule has 0 aromatic heterocycles. The number of fused-ring (bicyclic) bond motifs is 1. The van der Waals surface area contributed by atoms with Crippen molar-refractivity contribution in [1.82, 2.24) is 0 Å². The Morgan fingerprint density at radius 2 is 2.11 bits per heavy atom. The SMILES string of the molecule is NC(c1ccc(Br)c(Cl)c1)c1cccc2c1OCC2. The molecule has 1 atom stereocenters. The highest BCUT2D eigenvalue weighted by atomic mass is 79.9. The van der Waals surface area contributed by atoms with Crippen molar-refractivity contribution in [2.45, 2.75) is 12.5 Å². The second kappa shape index (κ2) is 5.16. The fourth-order valence-corrected chi connectivity index (χ4v) is 2.81. The lowest BCUT2D eigenvalue weighted by Crippen LogP contribution is -2.13. The molecule has 3 rings (SSSR count). The van der Waals surface area contributed by atoms with Gasteiger partial charge in [0, 0.05) is 16.5 Å². The highest BCUT2D eigenvalue weighted by Gasteiger charge is 2.21. The van der Waals surface area contributed by atoms with Crippen molar-refractivity contribution in [3.8, 4) is 5.75 Å². The summed E-state index contributed by atoms with van der Waals surface area (Å²) in [5.41, 5.74) is 9.59. The zero-order valence-corrected chi connectivity index (χ0v) is 12.5. The van der Waals surface area contributed by atoms with Crippen LogP contribution in [0.5, 0.6) is 5.75 Å². The molecule has 0 saturated heterocycles. The number of benzene rings is 2. The van der Waals surface area contributed by atoms with Crippen molar-refractivity contribution in [3.63, 3.8) is 0 Å². The van der Waals surface area contributed by atoms with Crippen LogP contribution in [0.2, 0.25) is 5.02 Å². The molecule has 0 radical (unpaired) electrons. The number of hydrogen-bond acceptors (Lipinski definition) is 2. The third kappa shape index (κ3) is 2.38. The van der Waals surface area contributed by atoms with Gasteiger partial charge in [0.1, 0.15) is 5.75 Å². The van der Waals surface area contributed by atoms with Crippen LogP contribution in [-0.2, 0) is 6.42 Å². The van der Waals surface area contributed by atoms with Gasteiger partial charge in [-0.2, -0.15) is 0 Å². The molecule has 1 aliphatic rings. The molecule has 4 heteroatoms. The number of ether oxygens (including phenoxy) is 1. The molecule has 0 spiro atoms. The van der Waals surface area contributed by atoms with Crippen LogP contribution < -0.4 is 10.5 Å². The van der Waals surface area contributed by atoms with Crippen molar-refractivity contribution >= 4 is 27.5 Å². The summed E-state index contributed by atoms with van der Waals surface area (Å²) < 4.78 is 6.58. The average molecular weight is 339 g/mol. The third-order valence-corrected chi connectivity index (χ3v) is 4.62. The molecule has 1 aliphatic heterocycles. The van der Waals surface area contributed by atoms with Crippen molar-refractivity contribution in [3.05, 3.63) is 62.6 Å². The predicted octanol–water partition coefficient (Wildman–Crippen LogP) is 4.09. The van der Waals surface area contributed by atoms with Crippen LogP contribution in [0, 0.1) is 0 Å². The van der Waals surface area contributed by atoms with E-state index in [0.29, 0.717) is 5.02 Å². The summed E-state index contributed by atoms with van der Waals surface area (Å²) in [6.07, 6.45) is 0.955. The van der Waals surface area contributed by atoms with Gasteiger partial charge in [-0.25, -0.2) is 0 Å². The minimum atomic E-state index is -0.223. The van der Waals surface area contributed by atoms with Crippen molar-refractivity contribution in [1.29, 1.82) is 0 Å². The van der Waals surface area contributed by atoms with E-state index in [0.717, 1.165) is 34.4 Å². The van der Waals surface area contributed by atoms with Gasteiger partial charge in [0.25, 0.3) is 0 Å². The fourth-order valence-electron chi connectivity index (χ4n) is 2.37. The van der Waals surface area contributed by atoms with Gasteiger partial charge in [0.15, 0.2) is 0 Å². The Morgan fingerprint density at radius 3 is 2.89 bits per heavy atom. The zero-order chi connectivity index (χ0) is 13.4. The van der Waals surface area contributed by atoms with Crippen molar-refractivity contribution in [2.75, 3.05) is 6.61 Å². The Morgan fingerprint density at radius 1 is 1.26 bits per heavy atom. The van der Waals surface area contributed by atoms with Crippen LogP contribution in [0.4, 0.5) is 0 Å². The summed E-state index contributed by atoms with van der Waals surface area (Å²) >= 11 is 9.52. The van der Waals surface area contributed by atoms with Gasteiger partial charge in [-0.3, -0.25) is 0 Å². The van der Waals surface area contributed by atoms with Gasteiger partial charge in [-0.1, -0.05) is 35.9 Å². The minimum absolute atomic E-state index is 0.223. The lowest BCUT2D eigenvalue weighted by Gasteiger charge is -2.16. The van der Waals surface area contributed by atoms with Gasteiger partial charge in [-0.05, 0) is 39.2 Å². The molecular weight excluding hydrogens is 326 g/mol. The van der Waals surface area contributed by atoms with Crippen LogP contribution in [0.3, 0.4) is 0 Å². The standard InChI is InChI=1S/C15H13BrClNO/c16-12-5-4-10(8-13(12)17)14(18)11-3-1-2-9-6-7-19-15(9)11/h1-5,8,14H,6-7,18H2. The van der Waals surface area contributed by atoms with Crippen LogP contribution in [0.15, 0.2) is 40.9 Å². The van der Waals surface area contributed by atoms with Crippen LogP contribution in [0.25, 0.3) is 0 Å². The van der Waals surface area contributed by atoms with E-state index >= 15 is 0 Å². The van der Waals surface area contributed by atoms with Crippen LogP contribution >= 0.6 is 27.5 Å². The predicted molar refractivity (Wildman–Crippen MR) is 80.8 cm³/mol. The number of halogens is 2. The number of hydrogen-bond donors (Lipinski definition) is 1. The zero-order valence-electron chi connectivity index (χ0n) is 10.2. The maximum atomic E-state index is 6.35. The Kier molecular flexibility index (Phi) is 3.52. The summed E-state index contributed by atoms with van der Waals surface area (Å²) in [7, 11) is 0. The molecule has 0 bridgehead atoms. The number of para-hydroxylation sites is 1. The maximum Gasteiger partial charge on any atom is 0.127 e. The van der Waals surface area contributed by atoms with Gasteiger partial charge in [0.2, 0.25) is 0 Å². The first-order valence-electron chi connectivity index (χ1n) is 6.12. The molecule has 1 heterocycles. The summed E-state index contributed by atoms with van der Waals surface area (Å²) in [5, 5.41) is 0.668. The quantitative estimate of drug-likeness (QED) is 0.895. The molecule has 2 nitrogen and oxygen atoms in total. The van der Waals surface area contributed by atoms with Gasteiger partial charge in [0.05, 0.1) is 17.7 Å². The van der Waals surface area contributed by atoms with E-state index in [-0.39, 0.29) is 6.04 Å². The fraction of sp³-hybridized carbons (Fsp3) is 0.200. The normalized spacial score (nSPS) is 14.9. The van der Waals surface area contributed by atoms with E-state index in [1.807, 2.05) is 30.3 Å². The van der Waals surface area contributed by atoms with E-state index in [2.05, 4.69) is 22.0 Å². The van der Waals surface area contributed by atoms with Gasteiger partial charge < -0.3 is 10.5 Å². The van der Waals surface area contributed by atoms with Gasteiger partial charge in [-0.15, -0.1) is 0 Å². The molecule has 0 amide bonds. The molecule has 98 valence electrons. The smallest absolute Gasteiger partial charge is 0.127 e. The monoisotopic (exact) mass is 337 g/mol. The molecule has 2 aromatic rings. The molecule has 0 saturated carbocycles. The first-order valence-corrected chi connectivity index (χ1v) is 7.29. The molecule has 2 N–H and O–H groups in total. The molecule has 1 unspecified atom stereocenters. The van der Waals surface area contributed by atoms with Crippen LogP contribution in [-0.4, -0.2) is 6.61 Å². The summed E-state index contributed by atoms with van der Waals surface area (Å²) in [6.45, 7) is 0.736. The van der Waals surface area contributed by atoms with E-state index in [4.69, 9.17) is 22.1 Å². The summed E-state index contributed by atoms with van der Waals surface area (Å²) in [6, 6.07) is 11.7. The second-order valence-corrected chi connectivity index (χ2v) is 5.85.